The standard InChI is InChI=1S/C27H21FN2O4S/c1-3-34-19-11-8-16(9-12-19)23-22(24(31)17-6-4-15(2)5-7-17)25(32)26(33)30(23)27-29-20-13-10-18(28)14-21(20)35-27/h4-14,23,31H,3H2,1-2H3/t23-/m0/s1. The van der Waals surface area contributed by atoms with Crippen LogP contribution in [0.25, 0.3) is 16.0 Å². The van der Waals surface area contributed by atoms with Gasteiger partial charge in [-0.05, 0) is 49.7 Å². The first-order chi connectivity index (χ1) is 16.9. The highest BCUT2D eigenvalue weighted by Gasteiger charge is 2.48. The Balaban J connectivity index is 1.70. The van der Waals surface area contributed by atoms with E-state index in [0.717, 1.165) is 16.9 Å². The van der Waals surface area contributed by atoms with Crippen molar-refractivity contribution in [1.29, 1.82) is 0 Å². The highest BCUT2D eigenvalue weighted by molar-refractivity contribution is 7.22. The van der Waals surface area contributed by atoms with Crippen LogP contribution in [0.2, 0.25) is 0 Å². The van der Waals surface area contributed by atoms with E-state index in [-0.39, 0.29) is 16.5 Å². The van der Waals surface area contributed by atoms with Gasteiger partial charge in [-0.1, -0.05) is 53.3 Å². The number of aryl methyl sites for hydroxylation is 1. The van der Waals surface area contributed by atoms with Gasteiger partial charge in [0.1, 0.15) is 17.3 Å². The number of Topliss-reactive ketones (excluding diaryl/α,β-unsaturated/α-hetero) is 1. The number of aromatic nitrogens is 1. The number of amides is 1. The van der Waals surface area contributed by atoms with Gasteiger partial charge in [-0.15, -0.1) is 0 Å². The summed E-state index contributed by atoms with van der Waals surface area (Å²) >= 11 is 1.11. The minimum Gasteiger partial charge on any atom is -0.507 e. The van der Waals surface area contributed by atoms with Crippen LogP contribution in [-0.4, -0.2) is 28.4 Å². The first-order valence-electron chi connectivity index (χ1n) is 11.0. The normalized spacial score (nSPS) is 17.3. The van der Waals surface area contributed by atoms with Gasteiger partial charge in [0.15, 0.2) is 5.13 Å². The number of fused-ring (bicyclic) bond motifs is 1. The van der Waals surface area contributed by atoms with Crippen LogP contribution in [0.3, 0.4) is 0 Å². The minimum absolute atomic E-state index is 0.0338. The van der Waals surface area contributed by atoms with E-state index >= 15 is 0 Å². The largest absolute Gasteiger partial charge is 0.507 e. The molecule has 1 fully saturated rings. The number of ketones is 1. The second kappa shape index (κ2) is 8.96. The fraction of sp³-hybridized carbons (Fsp3) is 0.148. The Labute approximate surface area is 204 Å². The molecule has 1 aliphatic heterocycles. The predicted octanol–water partition coefficient (Wildman–Crippen LogP) is 5.77. The fourth-order valence-electron chi connectivity index (χ4n) is 4.11. The van der Waals surface area contributed by atoms with Crippen LogP contribution in [0.1, 0.15) is 29.7 Å². The summed E-state index contributed by atoms with van der Waals surface area (Å²) in [6, 6.07) is 17.3. The maximum atomic E-state index is 13.8. The molecule has 0 spiro atoms. The van der Waals surface area contributed by atoms with Gasteiger partial charge in [0.05, 0.1) is 28.4 Å². The summed E-state index contributed by atoms with van der Waals surface area (Å²) in [6.07, 6.45) is 0. The monoisotopic (exact) mass is 488 g/mol. The van der Waals surface area contributed by atoms with E-state index in [0.29, 0.717) is 33.7 Å². The molecule has 35 heavy (non-hydrogen) atoms. The molecule has 8 heteroatoms. The number of nitrogens with zero attached hydrogens (tertiary/aromatic N) is 2. The fourth-order valence-corrected chi connectivity index (χ4v) is 5.13. The number of aliphatic hydroxyl groups is 1. The lowest BCUT2D eigenvalue weighted by molar-refractivity contribution is -0.132. The molecule has 0 aliphatic carbocycles. The van der Waals surface area contributed by atoms with Crippen molar-refractivity contribution in [1.82, 2.24) is 4.98 Å². The van der Waals surface area contributed by atoms with Crippen molar-refractivity contribution in [3.05, 3.63) is 94.8 Å². The molecule has 1 N–H and O–H groups in total. The second-order valence-corrected chi connectivity index (χ2v) is 9.15. The van der Waals surface area contributed by atoms with Gasteiger partial charge in [0, 0.05) is 5.56 Å². The molecule has 1 amide bonds. The number of ether oxygens (including phenoxy) is 1. The molecule has 0 bridgehead atoms. The number of carbonyl (C=O) groups excluding carboxylic acids is 2. The summed E-state index contributed by atoms with van der Waals surface area (Å²) in [5.41, 5.74) is 2.50. The number of rotatable bonds is 5. The van der Waals surface area contributed by atoms with Gasteiger partial charge in [0.25, 0.3) is 5.78 Å². The molecule has 5 rings (SSSR count). The third kappa shape index (κ3) is 4.06. The third-order valence-corrected chi connectivity index (χ3v) is 6.84. The first kappa shape index (κ1) is 22.7. The molecular formula is C27H21FN2O4S. The van der Waals surface area contributed by atoms with Crippen LogP contribution in [0.5, 0.6) is 5.75 Å². The number of halogens is 1. The topological polar surface area (TPSA) is 79.7 Å². The smallest absolute Gasteiger partial charge is 0.301 e. The Hall–Kier alpha value is -4.04. The molecule has 0 radical (unpaired) electrons. The van der Waals surface area contributed by atoms with Gasteiger partial charge in [0.2, 0.25) is 0 Å². The number of hydrogen-bond acceptors (Lipinski definition) is 6. The van der Waals surface area contributed by atoms with Crippen LogP contribution in [0, 0.1) is 12.7 Å². The quantitative estimate of drug-likeness (QED) is 0.219. The van der Waals surface area contributed by atoms with E-state index in [9.17, 15) is 19.1 Å². The maximum Gasteiger partial charge on any atom is 0.301 e. The molecule has 176 valence electrons. The molecule has 4 aromatic rings. The van der Waals surface area contributed by atoms with Crippen LogP contribution in [-0.2, 0) is 9.59 Å². The van der Waals surface area contributed by atoms with Crippen molar-refractivity contribution in [3.63, 3.8) is 0 Å². The number of aliphatic hydroxyl groups excluding tert-OH is 1. The number of benzene rings is 3. The van der Waals surface area contributed by atoms with Crippen LogP contribution in [0.4, 0.5) is 9.52 Å². The third-order valence-electron chi connectivity index (χ3n) is 5.82. The van der Waals surface area contributed by atoms with Crippen LogP contribution < -0.4 is 9.64 Å². The molecule has 1 saturated heterocycles. The highest BCUT2D eigenvalue weighted by Crippen LogP contribution is 2.44. The molecule has 0 unspecified atom stereocenters. The molecule has 1 atom stereocenters. The molecule has 2 heterocycles. The average molecular weight is 489 g/mol. The number of carbonyl (C=O) groups is 2. The lowest BCUT2D eigenvalue weighted by atomic mass is 9.95. The van der Waals surface area contributed by atoms with E-state index in [1.165, 1.54) is 23.1 Å². The van der Waals surface area contributed by atoms with Crippen molar-refractivity contribution in [3.8, 4) is 5.75 Å². The van der Waals surface area contributed by atoms with E-state index in [1.54, 1.807) is 36.4 Å². The zero-order chi connectivity index (χ0) is 24.7. The minimum atomic E-state index is -0.919. The van der Waals surface area contributed by atoms with Gasteiger partial charge in [-0.3, -0.25) is 14.5 Å². The Morgan fingerprint density at radius 1 is 1.09 bits per heavy atom. The lowest BCUT2D eigenvalue weighted by Crippen LogP contribution is -2.29. The summed E-state index contributed by atoms with van der Waals surface area (Å²) in [4.78, 5) is 32.4. The molecular weight excluding hydrogens is 467 g/mol. The Morgan fingerprint density at radius 3 is 2.49 bits per heavy atom. The molecule has 1 aliphatic rings. The van der Waals surface area contributed by atoms with Crippen molar-refractivity contribution in [2.45, 2.75) is 19.9 Å². The van der Waals surface area contributed by atoms with Gasteiger partial charge < -0.3 is 9.84 Å². The molecule has 0 saturated carbocycles. The Kier molecular flexibility index (Phi) is 5.82. The molecule has 6 nitrogen and oxygen atoms in total. The van der Waals surface area contributed by atoms with Gasteiger partial charge >= 0.3 is 5.91 Å². The SMILES string of the molecule is CCOc1ccc([C@H]2C(=C(O)c3ccc(C)cc3)C(=O)C(=O)N2c2nc3ccc(F)cc3s2)cc1. The van der Waals surface area contributed by atoms with E-state index in [4.69, 9.17) is 4.74 Å². The van der Waals surface area contributed by atoms with Crippen molar-refractivity contribution in [2.24, 2.45) is 0 Å². The maximum absolute atomic E-state index is 13.8. The molecule has 1 aromatic heterocycles. The van der Waals surface area contributed by atoms with Gasteiger partial charge in [-0.2, -0.15) is 0 Å². The predicted molar refractivity (Wildman–Crippen MR) is 133 cm³/mol. The lowest BCUT2D eigenvalue weighted by Gasteiger charge is -2.23. The summed E-state index contributed by atoms with van der Waals surface area (Å²) in [6.45, 7) is 4.28. The van der Waals surface area contributed by atoms with Crippen LogP contribution >= 0.6 is 11.3 Å². The highest BCUT2D eigenvalue weighted by atomic mass is 32.1. The Bertz CT molecular complexity index is 1480. The van der Waals surface area contributed by atoms with Crippen molar-refractivity contribution < 1.29 is 23.8 Å². The summed E-state index contributed by atoms with van der Waals surface area (Å²) in [5, 5.41) is 11.4. The number of anilines is 1. The Morgan fingerprint density at radius 2 is 1.80 bits per heavy atom. The van der Waals surface area contributed by atoms with E-state index in [1.807, 2.05) is 26.0 Å². The summed E-state index contributed by atoms with van der Waals surface area (Å²) < 4.78 is 19.9. The number of thiazole rings is 1. The van der Waals surface area contributed by atoms with Gasteiger partial charge in [-0.25, -0.2) is 9.37 Å². The van der Waals surface area contributed by atoms with Crippen molar-refractivity contribution >= 4 is 44.1 Å². The van der Waals surface area contributed by atoms with E-state index in [2.05, 4.69) is 4.98 Å². The van der Waals surface area contributed by atoms with Crippen molar-refractivity contribution in [2.75, 3.05) is 11.5 Å². The summed E-state index contributed by atoms with van der Waals surface area (Å²) in [7, 11) is 0. The molecule has 3 aromatic carbocycles. The van der Waals surface area contributed by atoms with E-state index < -0.39 is 23.5 Å². The zero-order valence-corrected chi connectivity index (χ0v) is 19.8. The van der Waals surface area contributed by atoms with Crippen LogP contribution in [0.15, 0.2) is 72.3 Å². The average Bonchev–Trinajstić information content (AvgIpc) is 3.37. The zero-order valence-electron chi connectivity index (χ0n) is 19.0. The first-order valence-corrected chi connectivity index (χ1v) is 11.9. The second-order valence-electron chi connectivity index (χ2n) is 8.15. The number of hydrogen-bond donors (Lipinski definition) is 1. The summed E-state index contributed by atoms with van der Waals surface area (Å²) in [5.74, 6) is -1.67.